The number of nitrogens with two attached hydrogens (primary N) is 1. The number of carbonyl (C=O) groups excluding carboxylic acids is 2. The lowest BCUT2D eigenvalue weighted by Gasteiger charge is -2.28. The lowest BCUT2D eigenvalue weighted by Crippen LogP contribution is -2.51. The maximum Gasteiger partial charge on any atom is 0.245 e. The molecule has 3 atom stereocenters. The van der Waals surface area contributed by atoms with Crippen molar-refractivity contribution >= 4 is 11.8 Å². The topological polar surface area (TPSA) is 75.4 Å². The van der Waals surface area contributed by atoms with Crippen LogP contribution in [0.3, 0.4) is 0 Å². The molecule has 130 valence electrons. The van der Waals surface area contributed by atoms with E-state index in [1.165, 1.54) is 12.5 Å². The van der Waals surface area contributed by atoms with Gasteiger partial charge in [0.2, 0.25) is 11.8 Å². The average Bonchev–Trinajstić information content (AvgIpc) is 3.22. The van der Waals surface area contributed by atoms with E-state index >= 15 is 0 Å². The Hall–Kier alpha value is -1.88. The first-order valence-electron chi connectivity index (χ1n) is 8.92. The molecule has 5 nitrogen and oxygen atoms in total. The molecule has 1 aliphatic carbocycles. The molecular formula is C19H27N3O2. The van der Waals surface area contributed by atoms with Crippen molar-refractivity contribution in [3.05, 3.63) is 35.9 Å². The Morgan fingerprint density at radius 2 is 1.83 bits per heavy atom. The Morgan fingerprint density at radius 3 is 2.46 bits per heavy atom. The van der Waals surface area contributed by atoms with Crippen LogP contribution in [0.2, 0.25) is 0 Å². The minimum absolute atomic E-state index is 0.0333. The van der Waals surface area contributed by atoms with Crippen molar-refractivity contribution in [3.8, 4) is 0 Å². The van der Waals surface area contributed by atoms with Gasteiger partial charge in [-0.05, 0) is 24.3 Å². The minimum atomic E-state index is -0.397. The van der Waals surface area contributed by atoms with Gasteiger partial charge in [-0.25, -0.2) is 0 Å². The number of rotatable bonds is 4. The normalized spacial score (nSPS) is 25.7. The van der Waals surface area contributed by atoms with Crippen LogP contribution in [0.5, 0.6) is 0 Å². The summed E-state index contributed by atoms with van der Waals surface area (Å²) in [7, 11) is 0. The third-order valence-corrected chi connectivity index (χ3v) is 5.40. The van der Waals surface area contributed by atoms with E-state index in [-0.39, 0.29) is 29.7 Å². The Bertz CT molecular complexity index is 584. The second-order valence-corrected chi connectivity index (χ2v) is 7.15. The molecule has 1 saturated heterocycles. The first-order chi connectivity index (χ1) is 11.6. The number of nitrogens with one attached hydrogen (secondary N) is 1. The van der Waals surface area contributed by atoms with Gasteiger partial charge in [0.05, 0.1) is 0 Å². The quantitative estimate of drug-likeness (QED) is 0.882. The highest BCUT2D eigenvalue weighted by Gasteiger charge is 2.39. The molecule has 2 aliphatic rings. The Balaban J connectivity index is 1.72. The maximum absolute atomic E-state index is 13.0. The lowest BCUT2D eigenvalue weighted by atomic mass is 9.95. The van der Waals surface area contributed by atoms with Crippen LogP contribution in [0, 0.1) is 5.92 Å². The summed E-state index contributed by atoms with van der Waals surface area (Å²) in [6.07, 6.45) is 4.30. The van der Waals surface area contributed by atoms with Crippen LogP contribution in [0.25, 0.3) is 0 Å². The number of hydrogen-bond acceptors (Lipinski definition) is 3. The van der Waals surface area contributed by atoms with Crippen molar-refractivity contribution in [3.63, 3.8) is 0 Å². The number of benzene rings is 1. The molecule has 24 heavy (non-hydrogen) atoms. The van der Waals surface area contributed by atoms with Gasteiger partial charge in [-0.2, -0.15) is 0 Å². The molecule has 1 saturated carbocycles. The summed E-state index contributed by atoms with van der Waals surface area (Å²) in [6, 6.07) is 9.68. The van der Waals surface area contributed by atoms with Crippen LogP contribution in [0.1, 0.15) is 44.1 Å². The molecule has 3 rings (SSSR count). The predicted molar refractivity (Wildman–Crippen MR) is 93.3 cm³/mol. The van der Waals surface area contributed by atoms with Crippen molar-refractivity contribution < 1.29 is 9.59 Å². The smallest absolute Gasteiger partial charge is 0.245 e. The van der Waals surface area contributed by atoms with Crippen molar-refractivity contribution in [1.29, 1.82) is 0 Å². The molecule has 1 aromatic rings. The summed E-state index contributed by atoms with van der Waals surface area (Å²) in [5, 5.41) is 2.90. The van der Waals surface area contributed by atoms with E-state index in [4.69, 9.17) is 5.73 Å². The second kappa shape index (κ2) is 7.34. The van der Waals surface area contributed by atoms with E-state index in [9.17, 15) is 9.59 Å². The largest absolute Gasteiger partial charge is 0.344 e. The number of hydrogen-bond donors (Lipinski definition) is 2. The van der Waals surface area contributed by atoms with Gasteiger partial charge in [0, 0.05) is 32.0 Å². The second-order valence-electron chi connectivity index (χ2n) is 7.15. The zero-order valence-corrected chi connectivity index (χ0v) is 14.3. The molecule has 3 N–H and O–H groups in total. The number of nitrogens with zero attached hydrogens (tertiary/aromatic N) is 1. The summed E-state index contributed by atoms with van der Waals surface area (Å²) in [5.41, 5.74) is 7.49. The summed E-state index contributed by atoms with van der Waals surface area (Å²) in [5.74, 6) is 0.319. The zero-order chi connectivity index (χ0) is 17.1. The van der Waals surface area contributed by atoms with E-state index in [0.717, 1.165) is 25.7 Å². The number of likely N-dealkylation sites (tertiary alicyclic amines) is 1. The summed E-state index contributed by atoms with van der Waals surface area (Å²) in [4.78, 5) is 26.5. The van der Waals surface area contributed by atoms with Gasteiger partial charge in [0.15, 0.2) is 0 Å². The minimum Gasteiger partial charge on any atom is -0.344 e. The van der Waals surface area contributed by atoms with E-state index in [0.29, 0.717) is 13.1 Å². The number of amides is 2. The first kappa shape index (κ1) is 17.0. The monoisotopic (exact) mass is 329 g/mol. The molecule has 1 unspecified atom stereocenters. The SMILES string of the molecule is CC(=O)NC(C(=O)N1C[C@@H](N)[C@H](c2ccccc2)C1)C1CCCC1. The summed E-state index contributed by atoms with van der Waals surface area (Å²) in [6.45, 7) is 2.67. The van der Waals surface area contributed by atoms with Crippen molar-refractivity contribution in [2.45, 2.75) is 50.6 Å². The van der Waals surface area contributed by atoms with Crippen LogP contribution in [-0.4, -0.2) is 41.9 Å². The molecule has 1 heterocycles. The molecule has 2 amide bonds. The fraction of sp³-hybridized carbons (Fsp3) is 0.579. The highest BCUT2D eigenvalue weighted by Crippen LogP contribution is 2.31. The average molecular weight is 329 g/mol. The van der Waals surface area contributed by atoms with Gasteiger partial charge in [-0.15, -0.1) is 0 Å². The van der Waals surface area contributed by atoms with Gasteiger partial charge in [0.1, 0.15) is 6.04 Å². The van der Waals surface area contributed by atoms with Crippen LogP contribution >= 0.6 is 0 Å². The molecular weight excluding hydrogens is 302 g/mol. The van der Waals surface area contributed by atoms with E-state index < -0.39 is 6.04 Å². The third-order valence-electron chi connectivity index (χ3n) is 5.40. The Labute approximate surface area is 143 Å². The van der Waals surface area contributed by atoms with Gasteiger partial charge in [0.25, 0.3) is 0 Å². The van der Waals surface area contributed by atoms with Crippen LogP contribution in [0.4, 0.5) is 0 Å². The van der Waals surface area contributed by atoms with Crippen LogP contribution in [0.15, 0.2) is 30.3 Å². The van der Waals surface area contributed by atoms with E-state index in [2.05, 4.69) is 17.4 Å². The third kappa shape index (κ3) is 3.61. The van der Waals surface area contributed by atoms with Gasteiger partial charge in [-0.3, -0.25) is 9.59 Å². The van der Waals surface area contributed by atoms with Crippen LogP contribution in [-0.2, 0) is 9.59 Å². The first-order valence-corrected chi connectivity index (χ1v) is 8.92. The number of carbonyl (C=O) groups is 2. The van der Waals surface area contributed by atoms with E-state index in [1.807, 2.05) is 23.1 Å². The van der Waals surface area contributed by atoms with E-state index in [1.54, 1.807) is 0 Å². The molecule has 0 radical (unpaired) electrons. The molecule has 2 fully saturated rings. The van der Waals surface area contributed by atoms with Crippen LogP contribution < -0.4 is 11.1 Å². The van der Waals surface area contributed by atoms with Gasteiger partial charge in [-0.1, -0.05) is 43.2 Å². The van der Waals surface area contributed by atoms with Crippen molar-refractivity contribution in [2.75, 3.05) is 13.1 Å². The summed E-state index contributed by atoms with van der Waals surface area (Å²) < 4.78 is 0. The fourth-order valence-electron chi connectivity index (χ4n) is 4.15. The molecule has 0 bridgehead atoms. The Kier molecular flexibility index (Phi) is 5.19. The standard InChI is InChI=1S/C19H27N3O2/c1-13(23)21-18(15-9-5-6-10-15)19(24)22-11-16(17(20)12-22)14-7-3-2-4-8-14/h2-4,7-8,15-18H,5-6,9-12,20H2,1H3,(H,21,23)/t16-,17+,18?/m0/s1. The lowest BCUT2D eigenvalue weighted by molar-refractivity contribution is -0.136. The molecule has 1 aliphatic heterocycles. The fourth-order valence-corrected chi connectivity index (χ4v) is 4.15. The highest BCUT2D eigenvalue weighted by molar-refractivity contribution is 5.87. The van der Waals surface area contributed by atoms with Gasteiger partial charge < -0.3 is 16.0 Å². The zero-order valence-electron chi connectivity index (χ0n) is 14.3. The molecule has 5 heteroatoms. The van der Waals surface area contributed by atoms with Crippen molar-refractivity contribution in [1.82, 2.24) is 10.2 Å². The Morgan fingerprint density at radius 1 is 1.17 bits per heavy atom. The molecule has 0 spiro atoms. The molecule has 0 aromatic heterocycles. The summed E-state index contributed by atoms with van der Waals surface area (Å²) >= 11 is 0. The van der Waals surface area contributed by atoms with Gasteiger partial charge >= 0.3 is 0 Å². The van der Waals surface area contributed by atoms with Crippen molar-refractivity contribution in [2.24, 2.45) is 11.7 Å². The predicted octanol–water partition coefficient (Wildman–Crippen LogP) is 1.63. The molecule has 1 aromatic carbocycles. The maximum atomic E-state index is 13.0. The highest BCUT2D eigenvalue weighted by atomic mass is 16.2.